The lowest BCUT2D eigenvalue weighted by Gasteiger charge is -2.22. The molecule has 0 saturated heterocycles. The maximum absolute atomic E-state index is 12.1. The Hall–Kier alpha value is -1.75. The molecule has 0 aliphatic rings. The van der Waals surface area contributed by atoms with E-state index in [0.29, 0.717) is 24.5 Å². The van der Waals surface area contributed by atoms with Gasteiger partial charge in [-0.25, -0.2) is 4.79 Å². The van der Waals surface area contributed by atoms with Gasteiger partial charge in [0.2, 0.25) is 0 Å². The summed E-state index contributed by atoms with van der Waals surface area (Å²) in [6.07, 6.45) is 1.92. The van der Waals surface area contributed by atoms with Crippen LogP contribution in [-0.4, -0.2) is 42.8 Å². The molecule has 0 heterocycles. The van der Waals surface area contributed by atoms with Crippen molar-refractivity contribution < 1.29 is 14.6 Å². The predicted molar refractivity (Wildman–Crippen MR) is 75.6 cm³/mol. The molecule has 0 fully saturated rings. The summed E-state index contributed by atoms with van der Waals surface area (Å²) in [5.41, 5.74) is 0.634. The number of ether oxygens (including phenoxy) is 1. The van der Waals surface area contributed by atoms with E-state index in [4.69, 9.17) is 9.84 Å². The van der Waals surface area contributed by atoms with Crippen LogP contribution in [0.4, 0.5) is 10.5 Å². The minimum atomic E-state index is -0.216. The van der Waals surface area contributed by atoms with Gasteiger partial charge in [-0.15, -0.1) is 0 Å². The molecule has 106 valence electrons. The van der Waals surface area contributed by atoms with Crippen molar-refractivity contribution in [3.8, 4) is 5.75 Å². The Morgan fingerprint density at radius 2 is 2.11 bits per heavy atom. The number of nitrogens with one attached hydrogen (secondary N) is 1. The highest BCUT2D eigenvalue weighted by Crippen LogP contribution is 2.23. The Morgan fingerprint density at radius 3 is 2.74 bits per heavy atom. The number of benzene rings is 1. The number of hydrogen-bond acceptors (Lipinski definition) is 3. The Balaban J connectivity index is 2.69. The zero-order valence-electron chi connectivity index (χ0n) is 11.6. The molecule has 0 radical (unpaired) electrons. The van der Waals surface area contributed by atoms with Crippen molar-refractivity contribution in [3.63, 3.8) is 0 Å². The number of nitrogens with zero attached hydrogens (tertiary/aromatic N) is 1. The first kappa shape index (κ1) is 15.3. The molecule has 2 amide bonds. The van der Waals surface area contributed by atoms with Crippen molar-refractivity contribution in [2.45, 2.75) is 19.8 Å². The van der Waals surface area contributed by atoms with Crippen LogP contribution in [0.5, 0.6) is 5.75 Å². The van der Waals surface area contributed by atoms with Crippen LogP contribution in [0.3, 0.4) is 0 Å². The largest absolute Gasteiger partial charge is 0.495 e. The van der Waals surface area contributed by atoms with E-state index in [9.17, 15) is 4.79 Å². The molecular formula is C14H22N2O3. The quantitative estimate of drug-likeness (QED) is 0.796. The smallest absolute Gasteiger partial charge is 0.322 e. The van der Waals surface area contributed by atoms with Crippen LogP contribution >= 0.6 is 0 Å². The molecule has 0 atom stereocenters. The van der Waals surface area contributed by atoms with Gasteiger partial charge in [0.15, 0.2) is 0 Å². The summed E-state index contributed by atoms with van der Waals surface area (Å²) in [5, 5.41) is 11.8. The summed E-state index contributed by atoms with van der Waals surface area (Å²) in [6, 6.07) is 7.04. The number of carbonyl (C=O) groups excluding carboxylic acids is 1. The number of aliphatic hydroxyl groups excluding tert-OH is 1. The summed E-state index contributed by atoms with van der Waals surface area (Å²) in [7, 11) is 1.56. The molecule has 0 bridgehead atoms. The molecular weight excluding hydrogens is 244 g/mol. The van der Waals surface area contributed by atoms with E-state index < -0.39 is 0 Å². The second-order valence-corrected chi connectivity index (χ2v) is 4.19. The highest BCUT2D eigenvalue weighted by molar-refractivity contribution is 5.90. The molecule has 1 rings (SSSR count). The molecule has 0 unspecified atom stereocenters. The number of aliphatic hydroxyl groups is 1. The van der Waals surface area contributed by atoms with Gasteiger partial charge in [-0.05, 0) is 18.6 Å². The normalized spacial score (nSPS) is 10.1. The van der Waals surface area contributed by atoms with Crippen LogP contribution in [0.15, 0.2) is 24.3 Å². The van der Waals surface area contributed by atoms with E-state index in [2.05, 4.69) is 12.2 Å². The minimum absolute atomic E-state index is 0.0386. The van der Waals surface area contributed by atoms with E-state index in [1.54, 1.807) is 24.1 Å². The molecule has 5 nitrogen and oxygen atoms in total. The third-order valence-electron chi connectivity index (χ3n) is 2.79. The number of para-hydroxylation sites is 2. The second kappa shape index (κ2) is 8.37. The average Bonchev–Trinajstić information content (AvgIpc) is 2.44. The average molecular weight is 266 g/mol. The first-order valence-corrected chi connectivity index (χ1v) is 6.52. The molecule has 0 aliphatic heterocycles. The third kappa shape index (κ3) is 4.79. The first-order chi connectivity index (χ1) is 9.22. The van der Waals surface area contributed by atoms with Crippen LogP contribution in [0.25, 0.3) is 0 Å². The van der Waals surface area contributed by atoms with Crippen molar-refractivity contribution >= 4 is 11.7 Å². The minimum Gasteiger partial charge on any atom is -0.495 e. The molecule has 1 aromatic rings. The monoisotopic (exact) mass is 266 g/mol. The number of urea groups is 1. The van der Waals surface area contributed by atoms with Crippen LogP contribution in [0.1, 0.15) is 19.8 Å². The Morgan fingerprint density at radius 1 is 1.37 bits per heavy atom. The fourth-order valence-electron chi connectivity index (χ4n) is 1.73. The van der Waals surface area contributed by atoms with Crippen LogP contribution in [0, 0.1) is 0 Å². The Labute approximate surface area is 114 Å². The van der Waals surface area contributed by atoms with Gasteiger partial charge >= 0.3 is 6.03 Å². The molecule has 0 saturated carbocycles. The van der Waals surface area contributed by atoms with Crippen molar-refractivity contribution in [2.75, 3.05) is 32.1 Å². The Kier molecular flexibility index (Phi) is 6.74. The van der Waals surface area contributed by atoms with Gasteiger partial charge in [-0.2, -0.15) is 0 Å². The van der Waals surface area contributed by atoms with E-state index in [-0.39, 0.29) is 12.6 Å². The highest BCUT2D eigenvalue weighted by atomic mass is 16.5. The zero-order valence-corrected chi connectivity index (χ0v) is 11.6. The number of amides is 2. The number of unbranched alkanes of at least 4 members (excludes halogenated alkanes) is 1. The summed E-state index contributed by atoms with van der Waals surface area (Å²) in [5.74, 6) is 0.621. The van der Waals surface area contributed by atoms with Crippen molar-refractivity contribution in [1.29, 1.82) is 0 Å². The highest BCUT2D eigenvalue weighted by Gasteiger charge is 2.14. The van der Waals surface area contributed by atoms with Crippen molar-refractivity contribution in [2.24, 2.45) is 0 Å². The molecule has 1 aromatic carbocycles. The van der Waals surface area contributed by atoms with Crippen LogP contribution in [-0.2, 0) is 0 Å². The lowest BCUT2D eigenvalue weighted by molar-refractivity contribution is 0.187. The summed E-state index contributed by atoms with van der Waals surface area (Å²) in [4.78, 5) is 13.7. The van der Waals surface area contributed by atoms with E-state index in [0.717, 1.165) is 12.8 Å². The molecule has 2 N–H and O–H groups in total. The lowest BCUT2D eigenvalue weighted by atomic mass is 10.3. The maximum atomic E-state index is 12.1. The maximum Gasteiger partial charge on any atom is 0.322 e. The summed E-state index contributed by atoms with van der Waals surface area (Å²) >= 11 is 0. The second-order valence-electron chi connectivity index (χ2n) is 4.19. The van der Waals surface area contributed by atoms with E-state index >= 15 is 0 Å². The number of rotatable bonds is 7. The van der Waals surface area contributed by atoms with Gasteiger partial charge in [0.05, 0.1) is 19.4 Å². The predicted octanol–water partition coefficient (Wildman–Crippen LogP) is 2.32. The molecule has 19 heavy (non-hydrogen) atoms. The third-order valence-corrected chi connectivity index (χ3v) is 2.79. The van der Waals surface area contributed by atoms with Gasteiger partial charge in [0.1, 0.15) is 5.75 Å². The fourth-order valence-corrected chi connectivity index (χ4v) is 1.73. The van der Waals surface area contributed by atoms with Gasteiger partial charge in [0, 0.05) is 13.1 Å². The number of anilines is 1. The van der Waals surface area contributed by atoms with Gasteiger partial charge < -0.3 is 20.1 Å². The van der Waals surface area contributed by atoms with Gasteiger partial charge in [0.25, 0.3) is 0 Å². The van der Waals surface area contributed by atoms with E-state index in [1.165, 1.54) is 0 Å². The molecule has 0 aliphatic carbocycles. The standard InChI is InChI=1S/C14H22N2O3/c1-3-4-9-16(10-11-17)14(18)15-12-7-5-6-8-13(12)19-2/h5-8,17H,3-4,9-11H2,1-2H3,(H,15,18). The summed E-state index contributed by atoms with van der Waals surface area (Å²) in [6.45, 7) is 3.00. The van der Waals surface area contributed by atoms with Gasteiger partial charge in [-0.1, -0.05) is 25.5 Å². The zero-order chi connectivity index (χ0) is 14.1. The van der Waals surface area contributed by atoms with Crippen LogP contribution in [0.2, 0.25) is 0 Å². The van der Waals surface area contributed by atoms with E-state index in [1.807, 2.05) is 12.1 Å². The number of methoxy groups -OCH3 is 1. The molecule has 5 heteroatoms. The Bertz CT molecular complexity index is 396. The summed E-state index contributed by atoms with van der Waals surface area (Å²) < 4.78 is 5.18. The molecule has 0 spiro atoms. The molecule has 0 aromatic heterocycles. The fraction of sp³-hybridized carbons (Fsp3) is 0.500. The van der Waals surface area contributed by atoms with Crippen LogP contribution < -0.4 is 10.1 Å². The van der Waals surface area contributed by atoms with Crippen molar-refractivity contribution in [1.82, 2.24) is 4.90 Å². The number of carbonyl (C=O) groups is 1. The first-order valence-electron chi connectivity index (χ1n) is 6.52. The van der Waals surface area contributed by atoms with Crippen molar-refractivity contribution in [3.05, 3.63) is 24.3 Å². The lowest BCUT2D eigenvalue weighted by Crippen LogP contribution is -2.37. The van der Waals surface area contributed by atoms with Gasteiger partial charge in [-0.3, -0.25) is 0 Å². The SMILES string of the molecule is CCCCN(CCO)C(=O)Nc1ccccc1OC. The topological polar surface area (TPSA) is 61.8 Å². The number of hydrogen-bond donors (Lipinski definition) is 2.